The first-order chi connectivity index (χ1) is 9.67. The number of benzene rings is 1. The van der Waals surface area contributed by atoms with Gasteiger partial charge >= 0.3 is 6.03 Å². The van der Waals surface area contributed by atoms with Crippen LogP contribution in [0.5, 0.6) is 0 Å². The van der Waals surface area contributed by atoms with E-state index < -0.39 is 0 Å². The van der Waals surface area contributed by atoms with Gasteiger partial charge in [-0.25, -0.2) is 4.79 Å². The molecule has 2 rings (SSSR count). The Morgan fingerprint density at radius 3 is 2.75 bits per heavy atom. The smallest absolute Gasteiger partial charge is 0.319 e. The number of hydrogen-bond donors (Lipinski definition) is 3. The Bertz CT molecular complexity index is 553. The Kier molecular flexibility index (Phi) is 4.73. The zero-order valence-corrected chi connectivity index (χ0v) is 11.3. The Morgan fingerprint density at radius 1 is 1.40 bits per heavy atom. The SMILES string of the molecule is Cn1cc(NC(=O)N[C@@H](CO)Cc2ccccc2)cn1. The summed E-state index contributed by atoms with van der Waals surface area (Å²) >= 11 is 0. The first kappa shape index (κ1) is 14.1. The summed E-state index contributed by atoms with van der Waals surface area (Å²) in [5, 5.41) is 18.7. The van der Waals surface area contributed by atoms with Crippen LogP contribution in [-0.4, -0.2) is 33.6 Å². The number of aromatic nitrogens is 2. The molecule has 3 N–H and O–H groups in total. The standard InChI is InChI=1S/C14H18N4O2/c1-18-9-13(8-15-18)17-14(20)16-12(10-19)7-11-5-3-2-4-6-11/h2-6,8-9,12,19H,7,10H2,1H3,(H2,16,17,20)/t12-/m1/s1. The van der Waals surface area contributed by atoms with Crippen molar-refractivity contribution in [1.82, 2.24) is 15.1 Å². The highest BCUT2D eigenvalue weighted by Crippen LogP contribution is 2.05. The van der Waals surface area contributed by atoms with E-state index in [1.54, 1.807) is 24.1 Å². The number of amides is 2. The van der Waals surface area contributed by atoms with Crippen LogP contribution < -0.4 is 10.6 Å². The molecule has 0 unspecified atom stereocenters. The molecule has 2 amide bonds. The molecule has 0 saturated heterocycles. The predicted octanol–water partition coefficient (Wildman–Crippen LogP) is 1.15. The van der Waals surface area contributed by atoms with E-state index in [1.165, 1.54) is 0 Å². The number of rotatable bonds is 5. The summed E-state index contributed by atoms with van der Waals surface area (Å²) in [6, 6.07) is 9.04. The summed E-state index contributed by atoms with van der Waals surface area (Å²) in [6.07, 6.45) is 3.84. The summed E-state index contributed by atoms with van der Waals surface area (Å²) in [5.74, 6) is 0. The molecule has 0 saturated carbocycles. The molecule has 106 valence electrons. The van der Waals surface area contributed by atoms with Gasteiger partial charge < -0.3 is 15.7 Å². The predicted molar refractivity (Wildman–Crippen MR) is 76.4 cm³/mol. The highest BCUT2D eigenvalue weighted by Gasteiger charge is 2.12. The number of nitrogens with one attached hydrogen (secondary N) is 2. The van der Waals surface area contributed by atoms with Crippen LogP contribution in [0.3, 0.4) is 0 Å². The van der Waals surface area contributed by atoms with E-state index >= 15 is 0 Å². The topological polar surface area (TPSA) is 79.2 Å². The third-order valence-electron chi connectivity index (χ3n) is 2.84. The Hall–Kier alpha value is -2.34. The lowest BCUT2D eigenvalue weighted by atomic mass is 10.1. The van der Waals surface area contributed by atoms with Gasteiger partial charge in [0.2, 0.25) is 0 Å². The number of carbonyl (C=O) groups is 1. The molecule has 0 radical (unpaired) electrons. The fourth-order valence-electron chi connectivity index (χ4n) is 1.90. The minimum Gasteiger partial charge on any atom is -0.394 e. The maximum atomic E-state index is 11.8. The van der Waals surface area contributed by atoms with Crippen molar-refractivity contribution in [3.8, 4) is 0 Å². The van der Waals surface area contributed by atoms with Gasteiger partial charge in [-0.1, -0.05) is 30.3 Å². The largest absolute Gasteiger partial charge is 0.394 e. The van der Waals surface area contributed by atoms with Crippen LogP contribution in [0.2, 0.25) is 0 Å². The number of nitrogens with zero attached hydrogens (tertiary/aromatic N) is 2. The molecular formula is C14H18N4O2. The average molecular weight is 274 g/mol. The molecule has 0 spiro atoms. The van der Waals surface area contributed by atoms with Gasteiger partial charge in [-0.15, -0.1) is 0 Å². The van der Waals surface area contributed by atoms with Crippen molar-refractivity contribution in [2.24, 2.45) is 7.05 Å². The molecule has 0 aliphatic heterocycles. The van der Waals surface area contributed by atoms with Crippen LogP contribution >= 0.6 is 0 Å². The average Bonchev–Trinajstić information content (AvgIpc) is 2.84. The first-order valence-electron chi connectivity index (χ1n) is 6.38. The summed E-state index contributed by atoms with van der Waals surface area (Å²) in [5.41, 5.74) is 1.68. The second-order valence-corrected chi connectivity index (χ2v) is 4.57. The van der Waals surface area contributed by atoms with Gasteiger partial charge in [0.25, 0.3) is 0 Å². The normalized spacial score (nSPS) is 11.9. The summed E-state index contributed by atoms with van der Waals surface area (Å²) in [7, 11) is 1.77. The quantitative estimate of drug-likeness (QED) is 0.765. The molecular weight excluding hydrogens is 256 g/mol. The Balaban J connectivity index is 1.88. The minimum atomic E-state index is -0.354. The molecule has 1 heterocycles. The van der Waals surface area contributed by atoms with E-state index in [0.717, 1.165) is 5.56 Å². The number of aliphatic hydroxyl groups excluding tert-OH is 1. The summed E-state index contributed by atoms with van der Waals surface area (Å²) < 4.78 is 1.60. The van der Waals surface area contributed by atoms with Crippen LogP contribution in [0.1, 0.15) is 5.56 Å². The molecule has 6 heteroatoms. The molecule has 0 fully saturated rings. The number of urea groups is 1. The van der Waals surface area contributed by atoms with Crippen molar-refractivity contribution < 1.29 is 9.90 Å². The molecule has 0 aliphatic carbocycles. The van der Waals surface area contributed by atoms with Gasteiger partial charge in [0, 0.05) is 13.2 Å². The van der Waals surface area contributed by atoms with E-state index in [2.05, 4.69) is 15.7 Å². The van der Waals surface area contributed by atoms with Crippen molar-refractivity contribution in [1.29, 1.82) is 0 Å². The van der Waals surface area contributed by atoms with E-state index in [4.69, 9.17) is 0 Å². The Morgan fingerprint density at radius 2 is 2.15 bits per heavy atom. The lowest BCUT2D eigenvalue weighted by Crippen LogP contribution is -2.41. The van der Waals surface area contributed by atoms with Gasteiger partial charge in [0.05, 0.1) is 24.5 Å². The van der Waals surface area contributed by atoms with Crippen LogP contribution in [0, 0.1) is 0 Å². The number of hydrogen-bond acceptors (Lipinski definition) is 3. The number of aryl methyl sites for hydroxylation is 1. The fraction of sp³-hybridized carbons (Fsp3) is 0.286. The molecule has 1 aromatic carbocycles. The monoisotopic (exact) mass is 274 g/mol. The second-order valence-electron chi connectivity index (χ2n) is 4.57. The van der Waals surface area contributed by atoms with Gasteiger partial charge in [0.1, 0.15) is 0 Å². The maximum Gasteiger partial charge on any atom is 0.319 e. The zero-order chi connectivity index (χ0) is 14.4. The van der Waals surface area contributed by atoms with E-state index in [9.17, 15) is 9.90 Å². The van der Waals surface area contributed by atoms with Crippen molar-refractivity contribution in [3.05, 3.63) is 48.3 Å². The van der Waals surface area contributed by atoms with Gasteiger partial charge in [-0.3, -0.25) is 4.68 Å². The highest BCUT2D eigenvalue weighted by atomic mass is 16.3. The molecule has 2 aromatic rings. The van der Waals surface area contributed by atoms with Crippen molar-refractivity contribution in [2.75, 3.05) is 11.9 Å². The van der Waals surface area contributed by atoms with Crippen LogP contribution in [-0.2, 0) is 13.5 Å². The van der Waals surface area contributed by atoms with Crippen LogP contribution in [0.4, 0.5) is 10.5 Å². The van der Waals surface area contributed by atoms with E-state index in [1.807, 2.05) is 30.3 Å². The third-order valence-corrected chi connectivity index (χ3v) is 2.84. The van der Waals surface area contributed by atoms with Crippen LogP contribution in [0.15, 0.2) is 42.7 Å². The van der Waals surface area contributed by atoms with Crippen molar-refractivity contribution in [2.45, 2.75) is 12.5 Å². The summed E-state index contributed by atoms with van der Waals surface area (Å²) in [4.78, 5) is 11.8. The second kappa shape index (κ2) is 6.72. The van der Waals surface area contributed by atoms with Gasteiger partial charge in [-0.05, 0) is 12.0 Å². The van der Waals surface area contributed by atoms with Crippen molar-refractivity contribution in [3.63, 3.8) is 0 Å². The highest BCUT2D eigenvalue weighted by molar-refractivity contribution is 5.89. The van der Waals surface area contributed by atoms with Gasteiger partial charge in [-0.2, -0.15) is 5.10 Å². The number of carbonyl (C=O) groups excluding carboxylic acids is 1. The molecule has 1 atom stereocenters. The molecule has 0 aliphatic rings. The van der Waals surface area contributed by atoms with E-state index in [0.29, 0.717) is 12.1 Å². The van der Waals surface area contributed by atoms with E-state index in [-0.39, 0.29) is 18.7 Å². The number of aliphatic hydroxyl groups is 1. The van der Waals surface area contributed by atoms with Crippen LogP contribution in [0.25, 0.3) is 0 Å². The fourth-order valence-corrected chi connectivity index (χ4v) is 1.90. The summed E-state index contributed by atoms with van der Waals surface area (Å²) in [6.45, 7) is -0.116. The maximum absolute atomic E-state index is 11.8. The first-order valence-corrected chi connectivity index (χ1v) is 6.38. The minimum absolute atomic E-state index is 0.116. The lowest BCUT2D eigenvalue weighted by molar-refractivity contribution is 0.224. The number of anilines is 1. The zero-order valence-electron chi connectivity index (χ0n) is 11.3. The lowest BCUT2D eigenvalue weighted by Gasteiger charge is -2.16. The molecule has 6 nitrogen and oxygen atoms in total. The molecule has 1 aromatic heterocycles. The molecule has 0 bridgehead atoms. The Labute approximate surface area is 117 Å². The van der Waals surface area contributed by atoms with Gasteiger partial charge in [0.15, 0.2) is 0 Å². The molecule has 20 heavy (non-hydrogen) atoms. The third kappa shape index (κ3) is 4.10. The van der Waals surface area contributed by atoms with Crippen molar-refractivity contribution >= 4 is 11.7 Å².